The molecule has 1 aliphatic heterocycles. The minimum absolute atomic E-state index is 0.00793. The number of carbonyl (C=O) groups excluding carboxylic acids is 2. The van der Waals surface area contributed by atoms with Gasteiger partial charge in [0.25, 0.3) is 5.91 Å². The summed E-state index contributed by atoms with van der Waals surface area (Å²) in [4.78, 5) is 31.6. The van der Waals surface area contributed by atoms with Crippen LogP contribution in [0.4, 0.5) is 11.4 Å². The van der Waals surface area contributed by atoms with Crippen molar-refractivity contribution in [2.75, 3.05) is 23.4 Å². The Morgan fingerprint density at radius 1 is 1.23 bits per heavy atom. The van der Waals surface area contributed by atoms with Crippen LogP contribution in [0.2, 0.25) is 0 Å². The van der Waals surface area contributed by atoms with Gasteiger partial charge in [0.15, 0.2) is 5.76 Å². The van der Waals surface area contributed by atoms with E-state index in [1.165, 1.54) is 17.6 Å². The zero-order valence-corrected chi connectivity index (χ0v) is 18.1. The van der Waals surface area contributed by atoms with Crippen LogP contribution in [-0.4, -0.2) is 29.9 Å². The van der Waals surface area contributed by atoms with E-state index in [1.807, 2.05) is 33.1 Å². The summed E-state index contributed by atoms with van der Waals surface area (Å²) in [5.41, 5.74) is 1.81. The lowest BCUT2D eigenvalue weighted by Crippen LogP contribution is -2.44. The number of nitrogens with zero attached hydrogens (tertiary/aromatic N) is 2. The average Bonchev–Trinajstić information content (AvgIpc) is 3.35. The Morgan fingerprint density at radius 2 is 2.03 bits per heavy atom. The molecule has 0 unspecified atom stereocenters. The SMILES string of the molecule is Cc1nc(-c2cc(C(=O)Nc3ccc4c(c3)N(C(=O)C(C)(C)C)CCO4)co2)cs1. The Morgan fingerprint density at radius 3 is 2.73 bits per heavy atom. The van der Waals surface area contributed by atoms with Crippen molar-refractivity contribution in [2.45, 2.75) is 27.7 Å². The number of hydrogen-bond acceptors (Lipinski definition) is 6. The molecule has 8 heteroatoms. The summed E-state index contributed by atoms with van der Waals surface area (Å²) in [5.74, 6) is 0.877. The first kappa shape index (κ1) is 20.2. The van der Waals surface area contributed by atoms with E-state index in [1.54, 1.807) is 29.2 Å². The molecule has 0 bridgehead atoms. The number of benzene rings is 1. The minimum atomic E-state index is -0.519. The van der Waals surface area contributed by atoms with Crippen molar-refractivity contribution >= 4 is 34.5 Å². The normalized spacial score (nSPS) is 13.5. The zero-order valence-electron chi connectivity index (χ0n) is 17.3. The van der Waals surface area contributed by atoms with Gasteiger partial charge < -0.3 is 19.4 Å². The third kappa shape index (κ3) is 3.95. The number of aromatic nitrogens is 1. The van der Waals surface area contributed by atoms with Gasteiger partial charge >= 0.3 is 0 Å². The molecule has 156 valence electrons. The van der Waals surface area contributed by atoms with Crippen LogP contribution in [-0.2, 0) is 4.79 Å². The maximum absolute atomic E-state index is 12.8. The van der Waals surface area contributed by atoms with E-state index >= 15 is 0 Å². The highest BCUT2D eigenvalue weighted by Crippen LogP contribution is 2.36. The largest absolute Gasteiger partial charge is 0.490 e. The van der Waals surface area contributed by atoms with Crippen LogP contribution >= 0.6 is 11.3 Å². The molecule has 0 aliphatic carbocycles. The molecular weight excluding hydrogens is 402 g/mol. The average molecular weight is 426 g/mol. The third-order valence-corrected chi connectivity index (χ3v) is 5.47. The van der Waals surface area contributed by atoms with Crippen molar-refractivity contribution in [2.24, 2.45) is 5.41 Å². The van der Waals surface area contributed by atoms with E-state index < -0.39 is 5.41 Å². The van der Waals surface area contributed by atoms with Gasteiger partial charge in [0.05, 0.1) is 22.8 Å². The number of rotatable bonds is 3. The number of hydrogen-bond donors (Lipinski definition) is 1. The van der Waals surface area contributed by atoms with Crippen LogP contribution < -0.4 is 15.0 Å². The second kappa shape index (κ2) is 7.60. The Labute approximate surface area is 178 Å². The summed E-state index contributed by atoms with van der Waals surface area (Å²) >= 11 is 1.52. The van der Waals surface area contributed by atoms with Crippen LogP contribution in [0.3, 0.4) is 0 Å². The van der Waals surface area contributed by atoms with Crippen LogP contribution in [0.1, 0.15) is 36.1 Å². The van der Waals surface area contributed by atoms with Crippen molar-refractivity contribution in [3.8, 4) is 17.2 Å². The van der Waals surface area contributed by atoms with Gasteiger partial charge in [-0.3, -0.25) is 9.59 Å². The number of nitrogens with one attached hydrogen (secondary N) is 1. The molecule has 0 atom stereocenters. The summed E-state index contributed by atoms with van der Waals surface area (Å²) in [6.45, 7) is 8.48. The first-order valence-corrected chi connectivity index (χ1v) is 10.5. The Kier molecular flexibility index (Phi) is 5.11. The van der Waals surface area contributed by atoms with Crippen LogP contribution in [0.15, 0.2) is 40.3 Å². The fourth-order valence-corrected chi connectivity index (χ4v) is 3.78. The molecule has 0 radical (unpaired) electrons. The van der Waals surface area contributed by atoms with Gasteiger partial charge in [0.2, 0.25) is 5.91 Å². The Hall–Kier alpha value is -3.13. The number of furan rings is 1. The van der Waals surface area contributed by atoms with E-state index in [2.05, 4.69) is 10.3 Å². The minimum Gasteiger partial charge on any atom is -0.490 e. The number of amides is 2. The van der Waals surface area contributed by atoms with Crippen LogP contribution in [0, 0.1) is 12.3 Å². The van der Waals surface area contributed by atoms with Gasteiger partial charge in [-0.1, -0.05) is 20.8 Å². The molecule has 1 aliphatic rings. The van der Waals surface area contributed by atoms with E-state index in [9.17, 15) is 9.59 Å². The maximum atomic E-state index is 12.8. The van der Waals surface area contributed by atoms with Crippen LogP contribution in [0.5, 0.6) is 5.75 Å². The smallest absolute Gasteiger partial charge is 0.258 e. The first-order chi connectivity index (χ1) is 14.2. The third-order valence-electron chi connectivity index (χ3n) is 4.70. The molecule has 7 nitrogen and oxygen atoms in total. The lowest BCUT2D eigenvalue weighted by atomic mass is 9.94. The monoisotopic (exact) mass is 425 g/mol. The van der Waals surface area contributed by atoms with Crippen molar-refractivity contribution in [1.29, 1.82) is 0 Å². The zero-order chi connectivity index (χ0) is 21.5. The molecule has 0 saturated heterocycles. The number of thiazole rings is 1. The summed E-state index contributed by atoms with van der Waals surface area (Å²) < 4.78 is 11.2. The molecule has 1 N–H and O–H groups in total. The van der Waals surface area contributed by atoms with E-state index in [0.29, 0.717) is 47.3 Å². The molecule has 1 aromatic carbocycles. The highest BCUT2D eigenvalue weighted by molar-refractivity contribution is 7.09. The number of anilines is 2. The topological polar surface area (TPSA) is 84.7 Å². The van der Waals surface area contributed by atoms with Crippen LogP contribution in [0.25, 0.3) is 11.5 Å². The number of carbonyl (C=O) groups is 2. The van der Waals surface area contributed by atoms with Gasteiger partial charge in [0.1, 0.15) is 24.3 Å². The molecule has 2 aromatic heterocycles. The molecule has 4 rings (SSSR count). The van der Waals surface area contributed by atoms with Gasteiger partial charge in [0, 0.05) is 16.5 Å². The fraction of sp³-hybridized carbons (Fsp3) is 0.318. The quantitative estimate of drug-likeness (QED) is 0.655. The molecule has 2 amide bonds. The second-order valence-corrected chi connectivity index (χ2v) is 9.21. The highest BCUT2D eigenvalue weighted by Gasteiger charge is 2.32. The van der Waals surface area contributed by atoms with E-state index in [4.69, 9.17) is 9.15 Å². The predicted molar refractivity (Wildman–Crippen MR) is 116 cm³/mol. The van der Waals surface area contributed by atoms with Crippen molar-refractivity contribution in [1.82, 2.24) is 4.98 Å². The maximum Gasteiger partial charge on any atom is 0.258 e. The molecule has 0 spiro atoms. The highest BCUT2D eigenvalue weighted by atomic mass is 32.1. The molecule has 0 fully saturated rings. The summed E-state index contributed by atoms with van der Waals surface area (Å²) in [6, 6.07) is 6.96. The molecular formula is C22H23N3O4S. The second-order valence-electron chi connectivity index (χ2n) is 8.14. The lowest BCUT2D eigenvalue weighted by Gasteiger charge is -2.34. The van der Waals surface area contributed by atoms with E-state index in [0.717, 1.165) is 5.01 Å². The van der Waals surface area contributed by atoms with Crippen molar-refractivity contribution in [3.05, 3.63) is 46.5 Å². The summed E-state index contributed by atoms with van der Waals surface area (Å²) in [5, 5.41) is 5.68. The standard InChI is InChI=1S/C22H23N3O4S/c1-13-23-16(12-30-13)19-9-14(11-29-19)20(26)24-15-5-6-18-17(10-15)25(7-8-28-18)21(27)22(2,3)4/h5-6,9-12H,7-8H2,1-4H3,(H,24,26). The molecule has 30 heavy (non-hydrogen) atoms. The Bertz CT molecular complexity index is 1110. The first-order valence-electron chi connectivity index (χ1n) is 9.63. The van der Waals surface area contributed by atoms with Gasteiger partial charge in [-0.15, -0.1) is 11.3 Å². The van der Waals surface area contributed by atoms with Gasteiger partial charge in [-0.05, 0) is 31.2 Å². The van der Waals surface area contributed by atoms with E-state index in [-0.39, 0.29) is 11.8 Å². The molecule has 3 heterocycles. The number of ether oxygens (including phenoxy) is 1. The number of fused-ring (bicyclic) bond motifs is 1. The molecule has 3 aromatic rings. The van der Waals surface area contributed by atoms with Crippen molar-refractivity contribution in [3.63, 3.8) is 0 Å². The summed E-state index contributed by atoms with van der Waals surface area (Å²) in [7, 11) is 0. The Balaban J connectivity index is 1.55. The van der Waals surface area contributed by atoms with Crippen molar-refractivity contribution < 1.29 is 18.7 Å². The number of aryl methyl sites for hydroxylation is 1. The lowest BCUT2D eigenvalue weighted by molar-refractivity contribution is -0.126. The molecule has 0 saturated carbocycles. The summed E-state index contributed by atoms with van der Waals surface area (Å²) in [6.07, 6.45) is 1.41. The predicted octanol–water partition coefficient (Wildman–Crippen LogP) is 4.74. The van der Waals surface area contributed by atoms with Gasteiger partial charge in [-0.2, -0.15) is 0 Å². The van der Waals surface area contributed by atoms with Gasteiger partial charge in [-0.25, -0.2) is 4.98 Å². The fourth-order valence-electron chi connectivity index (χ4n) is 3.18.